The zero-order valence-electron chi connectivity index (χ0n) is 15.2. The Bertz CT molecular complexity index is 968. The zero-order chi connectivity index (χ0) is 18.1. The molecule has 0 saturated carbocycles. The summed E-state index contributed by atoms with van der Waals surface area (Å²) in [6.07, 6.45) is 9.07. The Morgan fingerprint density at radius 1 is 1.35 bits per heavy atom. The number of nitrogens with zero attached hydrogens (tertiary/aromatic N) is 5. The second-order valence-electron chi connectivity index (χ2n) is 6.67. The molecule has 1 saturated heterocycles. The van der Waals surface area contributed by atoms with Gasteiger partial charge in [0.25, 0.3) is 0 Å². The first-order valence-corrected chi connectivity index (χ1v) is 9.10. The van der Waals surface area contributed by atoms with Crippen LogP contribution >= 0.6 is 0 Å². The molecule has 0 N–H and O–H groups in total. The van der Waals surface area contributed by atoms with Crippen LogP contribution in [0.15, 0.2) is 42.7 Å². The van der Waals surface area contributed by atoms with Crippen molar-refractivity contribution in [3.05, 3.63) is 54.1 Å². The molecule has 2 aromatic heterocycles. The number of fused-ring (bicyclic) bond motifs is 1. The summed E-state index contributed by atoms with van der Waals surface area (Å²) in [5, 5.41) is 4.13. The molecule has 1 atom stereocenters. The van der Waals surface area contributed by atoms with Crippen LogP contribution in [-0.4, -0.2) is 36.7 Å². The molecule has 134 valence electrons. The third-order valence-electron chi connectivity index (χ3n) is 4.98. The summed E-state index contributed by atoms with van der Waals surface area (Å²) in [5.74, 6) is 1.03. The van der Waals surface area contributed by atoms with Gasteiger partial charge in [0.15, 0.2) is 0 Å². The van der Waals surface area contributed by atoms with Crippen molar-refractivity contribution in [3.8, 4) is 0 Å². The van der Waals surface area contributed by atoms with Crippen LogP contribution in [-0.2, 0) is 18.4 Å². The Kier molecular flexibility index (Phi) is 4.32. The molecule has 3 heterocycles. The molecular weight excluding hydrogens is 326 g/mol. The van der Waals surface area contributed by atoms with Crippen LogP contribution in [0.4, 0.5) is 0 Å². The van der Waals surface area contributed by atoms with Crippen LogP contribution in [0.25, 0.3) is 17.1 Å². The van der Waals surface area contributed by atoms with Gasteiger partial charge in [0.1, 0.15) is 5.82 Å². The lowest BCUT2D eigenvalue weighted by molar-refractivity contribution is -0.127. The molecule has 6 nitrogen and oxygen atoms in total. The van der Waals surface area contributed by atoms with Crippen molar-refractivity contribution >= 4 is 23.0 Å². The molecule has 0 spiro atoms. The van der Waals surface area contributed by atoms with Gasteiger partial charge in [-0.15, -0.1) is 0 Å². The van der Waals surface area contributed by atoms with Gasteiger partial charge in [-0.25, -0.2) is 4.98 Å². The largest absolute Gasteiger partial charge is 0.329 e. The quantitative estimate of drug-likeness (QED) is 0.680. The molecule has 1 aliphatic heterocycles. The van der Waals surface area contributed by atoms with E-state index in [9.17, 15) is 4.79 Å². The molecule has 3 aromatic rings. The fourth-order valence-electron chi connectivity index (χ4n) is 3.77. The summed E-state index contributed by atoms with van der Waals surface area (Å²) in [5.41, 5.74) is 3.06. The zero-order valence-corrected chi connectivity index (χ0v) is 15.2. The van der Waals surface area contributed by atoms with Gasteiger partial charge in [-0.3, -0.25) is 9.48 Å². The predicted octanol–water partition coefficient (Wildman–Crippen LogP) is 3.17. The van der Waals surface area contributed by atoms with Crippen LogP contribution in [0, 0.1) is 0 Å². The summed E-state index contributed by atoms with van der Waals surface area (Å²) < 4.78 is 3.96. The standard InChI is InChI=1S/C20H23N5O/c1-3-24-17-8-5-4-7-16(17)22-20(24)18-9-6-12-25(18)19(26)11-10-15-13-21-23(2)14-15/h4-5,7-8,10-11,13-14,18H,3,6,9,12H2,1-2H3/b11-10+. The van der Waals surface area contributed by atoms with Crippen molar-refractivity contribution in [1.82, 2.24) is 24.2 Å². The van der Waals surface area contributed by atoms with Crippen molar-refractivity contribution in [2.75, 3.05) is 6.54 Å². The molecule has 0 aliphatic carbocycles. The van der Waals surface area contributed by atoms with Gasteiger partial charge in [0, 0.05) is 38.0 Å². The molecule has 1 aromatic carbocycles. The van der Waals surface area contributed by atoms with E-state index in [4.69, 9.17) is 4.98 Å². The van der Waals surface area contributed by atoms with Gasteiger partial charge < -0.3 is 9.47 Å². The van der Waals surface area contributed by atoms with E-state index in [1.54, 1.807) is 17.0 Å². The summed E-state index contributed by atoms with van der Waals surface area (Å²) in [6, 6.07) is 8.21. The average Bonchev–Trinajstić information content (AvgIpc) is 3.36. The van der Waals surface area contributed by atoms with E-state index in [0.717, 1.165) is 48.4 Å². The van der Waals surface area contributed by atoms with E-state index in [0.29, 0.717) is 0 Å². The second-order valence-corrected chi connectivity index (χ2v) is 6.67. The Morgan fingerprint density at radius 3 is 2.96 bits per heavy atom. The molecule has 26 heavy (non-hydrogen) atoms. The number of hydrogen-bond donors (Lipinski definition) is 0. The van der Waals surface area contributed by atoms with Gasteiger partial charge in [-0.1, -0.05) is 12.1 Å². The highest BCUT2D eigenvalue weighted by Crippen LogP contribution is 2.33. The van der Waals surface area contributed by atoms with Crippen LogP contribution < -0.4 is 0 Å². The van der Waals surface area contributed by atoms with Gasteiger partial charge in [-0.05, 0) is 38.0 Å². The van der Waals surface area contributed by atoms with Crippen molar-refractivity contribution < 1.29 is 4.79 Å². The van der Waals surface area contributed by atoms with E-state index in [2.05, 4.69) is 22.7 Å². The molecule has 6 heteroatoms. The first-order valence-electron chi connectivity index (χ1n) is 9.10. The van der Waals surface area contributed by atoms with E-state index >= 15 is 0 Å². The van der Waals surface area contributed by atoms with E-state index in [1.807, 2.05) is 42.4 Å². The number of benzene rings is 1. The topological polar surface area (TPSA) is 56.0 Å². The highest BCUT2D eigenvalue weighted by Gasteiger charge is 2.32. The van der Waals surface area contributed by atoms with E-state index in [1.165, 1.54) is 0 Å². The maximum Gasteiger partial charge on any atom is 0.247 e. The number of carbonyl (C=O) groups excluding carboxylic acids is 1. The summed E-state index contributed by atoms with van der Waals surface area (Å²) in [6.45, 7) is 3.74. The number of amides is 1. The first kappa shape index (κ1) is 16.6. The van der Waals surface area contributed by atoms with Crippen molar-refractivity contribution in [2.45, 2.75) is 32.4 Å². The van der Waals surface area contributed by atoms with Gasteiger partial charge in [-0.2, -0.15) is 5.10 Å². The minimum atomic E-state index is 0.0334. The highest BCUT2D eigenvalue weighted by molar-refractivity contribution is 5.92. The average molecular weight is 349 g/mol. The van der Waals surface area contributed by atoms with Gasteiger partial charge in [0.05, 0.1) is 23.3 Å². The minimum Gasteiger partial charge on any atom is -0.329 e. The molecule has 1 fully saturated rings. The monoisotopic (exact) mass is 349 g/mol. The molecule has 0 radical (unpaired) electrons. The minimum absolute atomic E-state index is 0.0334. The molecule has 1 amide bonds. The number of aromatic nitrogens is 4. The Balaban J connectivity index is 1.62. The van der Waals surface area contributed by atoms with Crippen LogP contribution in [0.3, 0.4) is 0 Å². The maximum absolute atomic E-state index is 12.8. The number of aryl methyl sites for hydroxylation is 2. The fraction of sp³-hybridized carbons (Fsp3) is 0.350. The number of para-hydroxylation sites is 2. The Labute approximate surface area is 152 Å². The second kappa shape index (κ2) is 6.78. The Morgan fingerprint density at radius 2 is 2.19 bits per heavy atom. The maximum atomic E-state index is 12.8. The molecule has 0 bridgehead atoms. The summed E-state index contributed by atoms with van der Waals surface area (Å²) in [4.78, 5) is 19.6. The van der Waals surface area contributed by atoms with Crippen molar-refractivity contribution in [2.24, 2.45) is 7.05 Å². The number of rotatable bonds is 4. The van der Waals surface area contributed by atoms with E-state index < -0.39 is 0 Å². The SMILES string of the molecule is CCn1c(C2CCCN2C(=O)/C=C/c2cnn(C)c2)nc2ccccc21. The lowest BCUT2D eigenvalue weighted by atomic mass is 10.2. The molecule has 1 unspecified atom stereocenters. The van der Waals surface area contributed by atoms with E-state index in [-0.39, 0.29) is 11.9 Å². The van der Waals surface area contributed by atoms with Crippen molar-refractivity contribution in [3.63, 3.8) is 0 Å². The number of likely N-dealkylation sites (tertiary alicyclic amines) is 1. The highest BCUT2D eigenvalue weighted by atomic mass is 16.2. The summed E-state index contributed by atoms with van der Waals surface area (Å²) >= 11 is 0. The third kappa shape index (κ3) is 2.92. The number of hydrogen-bond acceptors (Lipinski definition) is 3. The smallest absolute Gasteiger partial charge is 0.247 e. The first-order chi connectivity index (χ1) is 12.7. The van der Waals surface area contributed by atoms with Gasteiger partial charge in [0.2, 0.25) is 5.91 Å². The Hall–Kier alpha value is -2.89. The summed E-state index contributed by atoms with van der Waals surface area (Å²) in [7, 11) is 1.87. The van der Waals surface area contributed by atoms with Crippen LogP contribution in [0.5, 0.6) is 0 Å². The third-order valence-corrected chi connectivity index (χ3v) is 4.98. The van der Waals surface area contributed by atoms with Gasteiger partial charge >= 0.3 is 0 Å². The lowest BCUT2D eigenvalue weighted by Gasteiger charge is -2.23. The van der Waals surface area contributed by atoms with Crippen LogP contribution in [0.1, 0.15) is 37.2 Å². The lowest BCUT2D eigenvalue weighted by Crippen LogP contribution is -2.30. The molecule has 1 aliphatic rings. The van der Waals surface area contributed by atoms with Crippen LogP contribution in [0.2, 0.25) is 0 Å². The molecule has 4 rings (SSSR count). The van der Waals surface area contributed by atoms with Crippen molar-refractivity contribution in [1.29, 1.82) is 0 Å². The number of imidazole rings is 1. The molecular formula is C20H23N5O. The number of carbonyl (C=O) groups is 1. The predicted molar refractivity (Wildman–Crippen MR) is 101 cm³/mol. The fourth-order valence-corrected chi connectivity index (χ4v) is 3.77. The normalized spacial score (nSPS) is 17.6.